The molecule has 2 N–H and O–H groups in total. The molecular formula is C13H15FN2O. The Morgan fingerprint density at radius 1 is 1.35 bits per heavy atom. The van der Waals surface area contributed by atoms with Crippen molar-refractivity contribution in [2.75, 3.05) is 6.54 Å². The van der Waals surface area contributed by atoms with E-state index in [1.807, 2.05) is 0 Å². The highest BCUT2D eigenvalue weighted by molar-refractivity contribution is 5.79. The van der Waals surface area contributed by atoms with Crippen molar-refractivity contribution in [3.8, 4) is 0 Å². The topological polar surface area (TPSA) is 48.0 Å². The smallest absolute Gasteiger partial charge is 0.253 e. The zero-order chi connectivity index (χ0) is 12.4. The quantitative estimate of drug-likeness (QED) is 0.876. The van der Waals surface area contributed by atoms with Gasteiger partial charge in [0.15, 0.2) is 0 Å². The van der Waals surface area contributed by atoms with Crippen LogP contribution >= 0.6 is 0 Å². The Bertz CT molecular complexity index is 604. The standard InChI is InChI=1S/C13H15FN2O/c1-16-12-5-4-11(14)8-10(12)7-9(13(16)17)3-2-6-15/h4-5,7-8H,2-3,6,15H2,1H3. The first-order valence-electron chi connectivity index (χ1n) is 5.61. The van der Waals surface area contributed by atoms with Crippen molar-refractivity contribution in [2.24, 2.45) is 12.8 Å². The van der Waals surface area contributed by atoms with Crippen LogP contribution in [0.15, 0.2) is 29.1 Å². The first-order valence-corrected chi connectivity index (χ1v) is 5.61. The van der Waals surface area contributed by atoms with Gasteiger partial charge in [-0.05, 0) is 43.7 Å². The van der Waals surface area contributed by atoms with Crippen LogP contribution in [0.25, 0.3) is 10.9 Å². The van der Waals surface area contributed by atoms with Gasteiger partial charge in [0.05, 0.1) is 5.52 Å². The van der Waals surface area contributed by atoms with E-state index in [-0.39, 0.29) is 11.4 Å². The lowest BCUT2D eigenvalue weighted by Gasteiger charge is -2.08. The monoisotopic (exact) mass is 234 g/mol. The molecule has 90 valence electrons. The largest absolute Gasteiger partial charge is 0.330 e. The van der Waals surface area contributed by atoms with Crippen LogP contribution in [0.2, 0.25) is 0 Å². The van der Waals surface area contributed by atoms with Gasteiger partial charge in [0.1, 0.15) is 5.82 Å². The normalized spacial score (nSPS) is 11.0. The molecule has 4 heteroatoms. The highest BCUT2D eigenvalue weighted by atomic mass is 19.1. The van der Waals surface area contributed by atoms with Crippen molar-refractivity contribution < 1.29 is 4.39 Å². The maximum Gasteiger partial charge on any atom is 0.253 e. The van der Waals surface area contributed by atoms with E-state index in [2.05, 4.69) is 0 Å². The SMILES string of the molecule is Cn1c(=O)c(CCCN)cc2cc(F)ccc21. The number of nitrogens with zero attached hydrogens (tertiary/aromatic N) is 1. The second-order valence-electron chi connectivity index (χ2n) is 4.13. The molecule has 0 spiro atoms. The van der Waals surface area contributed by atoms with E-state index < -0.39 is 0 Å². The van der Waals surface area contributed by atoms with Crippen LogP contribution < -0.4 is 11.3 Å². The summed E-state index contributed by atoms with van der Waals surface area (Å²) in [7, 11) is 1.70. The number of fused-ring (bicyclic) bond motifs is 1. The van der Waals surface area contributed by atoms with Crippen LogP contribution in [0.1, 0.15) is 12.0 Å². The van der Waals surface area contributed by atoms with E-state index in [0.29, 0.717) is 18.5 Å². The van der Waals surface area contributed by atoms with Gasteiger partial charge in [-0.15, -0.1) is 0 Å². The molecule has 1 heterocycles. The lowest BCUT2D eigenvalue weighted by Crippen LogP contribution is -2.21. The van der Waals surface area contributed by atoms with Crippen LogP contribution in [0, 0.1) is 5.82 Å². The van der Waals surface area contributed by atoms with Crippen molar-refractivity contribution in [1.29, 1.82) is 0 Å². The van der Waals surface area contributed by atoms with Crippen molar-refractivity contribution in [3.05, 3.63) is 46.0 Å². The highest BCUT2D eigenvalue weighted by Gasteiger charge is 2.06. The molecule has 0 aliphatic rings. The molecule has 2 aromatic rings. The lowest BCUT2D eigenvalue weighted by molar-refractivity contribution is 0.629. The number of rotatable bonds is 3. The van der Waals surface area contributed by atoms with E-state index in [9.17, 15) is 9.18 Å². The summed E-state index contributed by atoms with van der Waals surface area (Å²) in [5.74, 6) is -0.291. The van der Waals surface area contributed by atoms with Crippen molar-refractivity contribution in [2.45, 2.75) is 12.8 Å². The van der Waals surface area contributed by atoms with Crippen LogP contribution in [0.4, 0.5) is 4.39 Å². The molecule has 2 rings (SSSR count). The second kappa shape index (κ2) is 4.67. The molecule has 0 unspecified atom stereocenters. The Morgan fingerprint density at radius 2 is 2.12 bits per heavy atom. The van der Waals surface area contributed by atoms with E-state index in [0.717, 1.165) is 17.3 Å². The van der Waals surface area contributed by atoms with Gasteiger partial charge >= 0.3 is 0 Å². The van der Waals surface area contributed by atoms with Crippen LogP contribution in [0.5, 0.6) is 0 Å². The Morgan fingerprint density at radius 3 is 2.82 bits per heavy atom. The fourth-order valence-electron chi connectivity index (χ4n) is 1.99. The Kier molecular flexibility index (Phi) is 3.24. The van der Waals surface area contributed by atoms with Crippen LogP contribution in [-0.2, 0) is 13.5 Å². The summed E-state index contributed by atoms with van der Waals surface area (Å²) in [6.07, 6.45) is 1.39. The number of pyridine rings is 1. The molecule has 0 amide bonds. The third-order valence-corrected chi connectivity index (χ3v) is 2.91. The second-order valence-corrected chi connectivity index (χ2v) is 4.13. The van der Waals surface area contributed by atoms with Crippen molar-refractivity contribution >= 4 is 10.9 Å². The number of hydrogen-bond acceptors (Lipinski definition) is 2. The average molecular weight is 234 g/mol. The number of halogens is 1. The predicted molar refractivity (Wildman–Crippen MR) is 66.5 cm³/mol. The van der Waals surface area contributed by atoms with Crippen molar-refractivity contribution in [3.63, 3.8) is 0 Å². The molecular weight excluding hydrogens is 219 g/mol. The minimum atomic E-state index is -0.291. The summed E-state index contributed by atoms with van der Waals surface area (Å²) in [5, 5.41) is 0.749. The van der Waals surface area contributed by atoms with Crippen LogP contribution in [-0.4, -0.2) is 11.1 Å². The lowest BCUT2D eigenvalue weighted by atomic mass is 10.1. The van der Waals surface area contributed by atoms with Crippen LogP contribution in [0.3, 0.4) is 0 Å². The van der Waals surface area contributed by atoms with E-state index in [1.165, 1.54) is 12.1 Å². The summed E-state index contributed by atoms with van der Waals surface area (Å²) in [5.41, 5.74) is 6.84. The molecule has 17 heavy (non-hydrogen) atoms. The number of hydrogen-bond donors (Lipinski definition) is 1. The third kappa shape index (κ3) is 2.22. The van der Waals surface area contributed by atoms with Gasteiger partial charge < -0.3 is 10.3 Å². The Hall–Kier alpha value is -1.68. The summed E-state index contributed by atoms with van der Waals surface area (Å²) in [6, 6.07) is 6.19. The first kappa shape index (κ1) is 11.8. The van der Waals surface area contributed by atoms with E-state index in [1.54, 1.807) is 23.7 Å². The van der Waals surface area contributed by atoms with Crippen molar-refractivity contribution in [1.82, 2.24) is 4.57 Å². The molecule has 0 fully saturated rings. The number of nitrogens with two attached hydrogens (primary N) is 1. The summed E-state index contributed by atoms with van der Waals surface area (Å²) in [6.45, 7) is 0.546. The first-order chi connectivity index (χ1) is 8.13. The molecule has 3 nitrogen and oxygen atoms in total. The van der Waals surface area contributed by atoms with Gasteiger partial charge in [-0.2, -0.15) is 0 Å². The zero-order valence-corrected chi connectivity index (χ0v) is 9.74. The van der Waals surface area contributed by atoms with Gasteiger partial charge in [0, 0.05) is 18.0 Å². The Labute approximate surface area is 98.7 Å². The molecule has 0 saturated carbocycles. The average Bonchev–Trinajstić information content (AvgIpc) is 2.31. The molecule has 1 aromatic heterocycles. The molecule has 0 radical (unpaired) electrons. The maximum absolute atomic E-state index is 13.1. The molecule has 0 atom stereocenters. The third-order valence-electron chi connectivity index (χ3n) is 2.91. The van der Waals surface area contributed by atoms with Gasteiger partial charge in [0.25, 0.3) is 5.56 Å². The number of aryl methyl sites for hydroxylation is 2. The van der Waals surface area contributed by atoms with Gasteiger partial charge in [-0.1, -0.05) is 0 Å². The summed E-state index contributed by atoms with van der Waals surface area (Å²) < 4.78 is 14.7. The molecule has 0 bridgehead atoms. The fourth-order valence-corrected chi connectivity index (χ4v) is 1.99. The van der Waals surface area contributed by atoms with E-state index >= 15 is 0 Å². The Balaban J connectivity index is 2.63. The molecule has 1 aromatic carbocycles. The summed E-state index contributed by atoms with van der Waals surface area (Å²) >= 11 is 0. The fraction of sp³-hybridized carbons (Fsp3) is 0.308. The zero-order valence-electron chi connectivity index (χ0n) is 9.74. The highest BCUT2D eigenvalue weighted by Crippen LogP contribution is 2.15. The predicted octanol–water partition coefficient (Wildman–Crippen LogP) is 1.57. The minimum Gasteiger partial charge on any atom is -0.330 e. The van der Waals surface area contributed by atoms with Gasteiger partial charge in [-0.3, -0.25) is 4.79 Å². The van der Waals surface area contributed by atoms with Gasteiger partial charge in [-0.25, -0.2) is 4.39 Å². The molecule has 0 aliphatic heterocycles. The molecule has 0 saturated heterocycles. The maximum atomic E-state index is 13.1. The number of benzene rings is 1. The minimum absolute atomic E-state index is 0.0300. The van der Waals surface area contributed by atoms with Gasteiger partial charge in [0.2, 0.25) is 0 Å². The molecule has 0 aliphatic carbocycles. The summed E-state index contributed by atoms with van der Waals surface area (Å²) in [4.78, 5) is 12.0. The number of aromatic nitrogens is 1. The van der Waals surface area contributed by atoms with E-state index in [4.69, 9.17) is 5.73 Å².